The molecule has 0 aliphatic rings. The Bertz CT molecular complexity index is 4420. The minimum absolute atomic E-state index is 0.686. The second kappa shape index (κ2) is 15.9. The molecular weight excluding hydrogens is 877 g/mol. The zero-order valence-electron chi connectivity index (χ0n) is 38.8. The van der Waals surface area contributed by atoms with Crippen LogP contribution < -0.4 is 0 Å². The lowest BCUT2D eigenvalue weighted by atomic mass is 10.0. The van der Waals surface area contributed by atoms with Gasteiger partial charge in [0.2, 0.25) is 0 Å². The Kier molecular flexibility index (Phi) is 8.86. The van der Waals surface area contributed by atoms with Crippen molar-refractivity contribution in [1.82, 2.24) is 29.1 Å². The van der Waals surface area contributed by atoms with Gasteiger partial charge in [-0.1, -0.05) is 170 Å². The van der Waals surface area contributed by atoms with Crippen LogP contribution in [0.1, 0.15) is 0 Å². The summed E-state index contributed by atoms with van der Waals surface area (Å²) in [5.41, 5.74) is 14.3. The maximum atomic E-state index is 5.34. The first-order valence-corrected chi connectivity index (χ1v) is 24.4. The first kappa shape index (κ1) is 40.1. The molecule has 6 nitrogen and oxygen atoms in total. The summed E-state index contributed by atoms with van der Waals surface area (Å²) in [5.74, 6) is 1.37. The molecule has 6 heteroatoms. The van der Waals surface area contributed by atoms with Gasteiger partial charge in [-0.25, -0.2) is 19.9 Å². The highest BCUT2D eigenvalue weighted by atomic mass is 15.0. The van der Waals surface area contributed by atoms with Gasteiger partial charge in [0, 0.05) is 65.9 Å². The average Bonchev–Trinajstić information content (AvgIpc) is 3.97. The van der Waals surface area contributed by atoms with Crippen molar-refractivity contribution >= 4 is 87.0 Å². The van der Waals surface area contributed by atoms with Crippen LogP contribution in [0, 0.1) is 0 Å². The molecule has 15 rings (SSSR count). The van der Waals surface area contributed by atoms with Gasteiger partial charge in [-0.15, -0.1) is 0 Å². The molecule has 15 aromatic rings. The van der Waals surface area contributed by atoms with Crippen LogP contribution in [0.2, 0.25) is 0 Å². The summed E-state index contributed by atoms with van der Waals surface area (Å²) in [6.45, 7) is 0. The number of para-hydroxylation sites is 4. The molecule has 0 fully saturated rings. The van der Waals surface area contributed by atoms with Crippen LogP contribution >= 0.6 is 0 Å². The fourth-order valence-corrected chi connectivity index (χ4v) is 11.2. The van der Waals surface area contributed by atoms with Crippen molar-refractivity contribution in [3.05, 3.63) is 243 Å². The summed E-state index contributed by atoms with van der Waals surface area (Å²) in [6.07, 6.45) is 0. The van der Waals surface area contributed by atoms with E-state index in [1.54, 1.807) is 0 Å². The zero-order valence-corrected chi connectivity index (χ0v) is 38.8. The maximum absolute atomic E-state index is 5.34. The summed E-state index contributed by atoms with van der Waals surface area (Å²) in [7, 11) is 0. The molecule has 0 saturated heterocycles. The molecule has 0 aliphatic carbocycles. The van der Waals surface area contributed by atoms with Gasteiger partial charge in [0.25, 0.3) is 0 Å². The van der Waals surface area contributed by atoms with Gasteiger partial charge < -0.3 is 9.13 Å². The lowest BCUT2D eigenvalue weighted by Crippen LogP contribution is -1.98. The predicted octanol–water partition coefficient (Wildman–Crippen LogP) is 16.7. The quantitative estimate of drug-likeness (QED) is 0.167. The zero-order chi connectivity index (χ0) is 47.3. The van der Waals surface area contributed by atoms with Gasteiger partial charge in [-0.3, -0.25) is 0 Å². The minimum Gasteiger partial charge on any atom is -0.309 e. The highest BCUT2D eigenvalue weighted by Gasteiger charge is 2.22. The number of nitrogens with zero attached hydrogens (tertiary/aromatic N) is 6. The Hall–Kier alpha value is -9.78. The molecule has 11 aromatic carbocycles. The lowest BCUT2D eigenvalue weighted by Gasteiger charge is -2.13. The molecule has 72 heavy (non-hydrogen) atoms. The molecule has 0 radical (unpaired) electrons. The van der Waals surface area contributed by atoms with Gasteiger partial charge in [0.1, 0.15) is 0 Å². The molecule has 0 amide bonds. The third kappa shape index (κ3) is 6.29. The van der Waals surface area contributed by atoms with Crippen LogP contribution in [-0.2, 0) is 0 Å². The Balaban J connectivity index is 0.889. The van der Waals surface area contributed by atoms with Crippen molar-refractivity contribution in [2.75, 3.05) is 0 Å². The SMILES string of the molecule is c1cc(-c2nc(-c3ccc4ccccc4c3)c3ccccc3n2)cc(-n2c3ccccc3c3c4c5ccccc5n(-c5cccc(-c6nc(-c7ccc8ccccc8c7)c7ccccc7n6)c5)c4ccc32)c1. The van der Waals surface area contributed by atoms with Crippen molar-refractivity contribution in [3.63, 3.8) is 0 Å². The van der Waals surface area contributed by atoms with Gasteiger partial charge >= 0.3 is 0 Å². The molecule has 4 heterocycles. The third-order valence-electron chi connectivity index (χ3n) is 14.4. The molecular formula is C66H40N6. The highest BCUT2D eigenvalue weighted by Crippen LogP contribution is 2.43. The summed E-state index contributed by atoms with van der Waals surface area (Å²) in [6, 6.07) is 86.2. The molecule has 0 saturated carbocycles. The molecule has 334 valence electrons. The predicted molar refractivity (Wildman–Crippen MR) is 298 cm³/mol. The molecule has 0 N–H and O–H groups in total. The second-order valence-corrected chi connectivity index (χ2v) is 18.6. The summed E-state index contributed by atoms with van der Waals surface area (Å²) in [4.78, 5) is 21.0. The monoisotopic (exact) mass is 916 g/mol. The van der Waals surface area contributed by atoms with E-state index in [4.69, 9.17) is 19.9 Å². The van der Waals surface area contributed by atoms with Gasteiger partial charge in [-0.2, -0.15) is 0 Å². The van der Waals surface area contributed by atoms with Gasteiger partial charge in [0.15, 0.2) is 11.6 Å². The third-order valence-corrected chi connectivity index (χ3v) is 14.4. The Morgan fingerprint density at radius 3 is 1.12 bits per heavy atom. The first-order valence-electron chi connectivity index (χ1n) is 24.4. The van der Waals surface area contributed by atoms with E-state index < -0.39 is 0 Å². The van der Waals surface area contributed by atoms with E-state index in [-0.39, 0.29) is 0 Å². The molecule has 4 aromatic heterocycles. The lowest BCUT2D eigenvalue weighted by molar-refractivity contribution is 1.16. The smallest absolute Gasteiger partial charge is 0.160 e. The van der Waals surface area contributed by atoms with E-state index >= 15 is 0 Å². The average molecular weight is 917 g/mol. The van der Waals surface area contributed by atoms with E-state index in [0.717, 1.165) is 88.9 Å². The van der Waals surface area contributed by atoms with Crippen LogP contribution in [0.5, 0.6) is 0 Å². The normalized spacial score (nSPS) is 11.9. The number of hydrogen-bond acceptors (Lipinski definition) is 4. The van der Waals surface area contributed by atoms with Crippen LogP contribution in [0.4, 0.5) is 0 Å². The minimum atomic E-state index is 0.686. The van der Waals surface area contributed by atoms with Crippen LogP contribution in [0.15, 0.2) is 243 Å². The highest BCUT2D eigenvalue weighted by molar-refractivity contribution is 6.29. The van der Waals surface area contributed by atoms with Crippen molar-refractivity contribution in [3.8, 4) is 56.7 Å². The number of hydrogen-bond donors (Lipinski definition) is 0. The summed E-state index contributed by atoms with van der Waals surface area (Å²) in [5, 5.41) is 11.6. The van der Waals surface area contributed by atoms with Crippen molar-refractivity contribution in [2.24, 2.45) is 0 Å². The fraction of sp³-hybridized carbons (Fsp3) is 0. The van der Waals surface area contributed by atoms with E-state index in [1.807, 2.05) is 12.1 Å². The Morgan fingerprint density at radius 2 is 0.653 bits per heavy atom. The van der Waals surface area contributed by atoms with E-state index in [9.17, 15) is 0 Å². The van der Waals surface area contributed by atoms with E-state index in [1.165, 1.54) is 43.1 Å². The fourth-order valence-electron chi connectivity index (χ4n) is 11.2. The number of rotatable bonds is 6. The van der Waals surface area contributed by atoms with Crippen molar-refractivity contribution in [2.45, 2.75) is 0 Å². The van der Waals surface area contributed by atoms with Gasteiger partial charge in [-0.05, 0) is 94.3 Å². The van der Waals surface area contributed by atoms with Crippen molar-refractivity contribution in [1.29, 1.82) is 0 Å². The van der Waals surface area contributed by atoms with Crippen LogP contribution in [0.3, 0.4) is 0 Å². The first-order chi connectivity index (χ1) is 35.7. The van der Waals surface area contributed by atoms with Gasteiger partial charge in [0.05, 0.1) is 44.5 Å². The van der Waals surface area contributed by atoms with Crippen LogP contribution in [-0.4, -0.2) is 29.1 Å². The molecule has 0 aliphatic heterocycles. The van der Waals surface area contributed by atoms with Crippen molar-refractivity contribution < 1.29 is 0 Å². The van der Waals surface area contributed by atoms with E-state index in [0.29, 0.717) is 11.6 Å². The molecule has 0 unspecified atom stereocenters. The Morgan fingerprint density at radius 1 is 0.250 bits per heavy atom. The number of aromatic nitrogens is 6. The largest absolute Gasteiger partial charge is 0.309 e. The summed E-state index contributed by atoms with van der Waals surface area (Å²) >= 11 is 0. The number of benzene rings is 11. The Labute approximate surface area is 413 Å². The molecule has 0 bridgehead atoms. The number of fused-ring (bicyclic) bond motifs is 11. The van der Waals surface area contributed by atoms with E-state index in [2.05, 4.69) is 240 Å². The second-order valence-electron chi connectivity index (χ2n) is 18.6. The standard InChI is InChI=1S/C66H40N6/c1-3-17-43-37-45(33-31-41(43)15-1)63-51-23-5-9-27-55(51)67-65(69-63)47-19-13-21-49(39-47)71-57-29-11-7-25-53(57)61-59(71)35-36-60-62(61)54-26-8-12-30-58(54)72(60)50-22-14-20-48(40-50)66-68-56-28-10-6-24-52(56)64(70-66)46-34-32-42-16-2-4-18-44(42)38-46/h1-40H. The topological polar surface area (TPSA) is 61.4 Å². The molecule has 0 atom stereocenters. The maximum Gasteiger partial charge on any atom is 0.160 e. The van der Waals surface area contributed by atoms with Crippen LogP contribution in [0.25, 0.3) is 144 Å². The molecule has 0 spiro atoms. The summed E-state index contributed by atoms with van der Waals surface area (Å²) < 4.78 is 4.80.